The predicted octanol–water partition coefficient (Wildman–Crippen LogP) is 3.99. The van der Waals surface area contributed by atoms with Crippen LogP contribution in [0.5, 0.6) is 11.5 Å². The molecule has 2 aromatic carbocycles. The molecule has 0 aromatic heterocycles. The zero-order valence-electron chi connectivity index (χ0n) is 15.8. The molecule has 1 aliphatic heterocycles. The molecule has 6 nitrogen and oxygen atoms in total. The highest BCUT2D eigenvalue weighted by atomic mass is 32.2. The first-order chi connectivity index (χ1) is 13.6. The Bertz CT molecular complexity index is 889. The topological polar surface area (TPSA) is 74.9 Å². The number of nitrogens with zero attached hydrogens (tertiary/aromatic N) is 3. The number of ether oxygens (including phenoxy) is 2. The smallest absolute Gasteiger partial charge is 0.266 e. The van der Waals surface area contributed by atoms with E-state index in [4.69, 9.17) is 14.7 Å². The van der Waals surface area contributed by atoms with E-state index in [0.717, 1.165) is 17.2 Å². The van der Waals surface area contributed by atoms with Gasteiger partial charge in [-0.2, -0.15) is 5.26 Å². The molecule has 144 valence electrons. The first-order valence-electron chi connectivity index (χ1n) is 9.00. The van der Waals surface area contributed by atoms with Crippen LogP contribution in [0.1, 0.15) is 19.4 Å². The van der Waals surface area contributed by atoms with E-state index in [1.807, 2.05) is 38.1 Å². The van der Waals surface area contributed by atoms with Crippen molar-refractivity contribution in [3.63, 3.8) is 0 Å². The number of amides is 1. The number of benzene rings is 2. The fourth-order valence-electron chi connectivity index (χ4n) is 2.70. The van der Waals surface area contributed by atoms with Gasteiger partial charge in [-0.15, -0.1) is 0 Å². The van der Waals surface area contributed by atoms with Gasteiger partial charge in [0.1, 0.15) is 11.5 Å². The Morgan fingerprint density at radius 1 is 1.18 bits per heavy atom. The molecule has 2 aromatic rings. The van der Waals surface area contributed by atoms with Gasteiger partial charge in [-0.3, -0.25) is 9.69 Å². The third-order valence-corrected chi connectivity index (χ3v) is 5.28. The van der Waals surface area contributed by atoms with E-state index in [2.05, 4.69) is 11.1 Å². The molecule has 1 fully saturated rings. The summed E-state index contributed by atoms with van der Waals surface area (Å²) in [5.74, 6) is 1.99. The summed E-state index contributed by atoms with van der Waals surface area (Å²) in [6.45, 7) is 4.46. The number of carbonyl (C=O) groups is 1. The molecule has 3 rings (SSSR count). The van der Waals surface area contributed by atoms with Crippen molar-refractivity contribution in [1.82, 2.24) is 4.90 Å². The number of nitriles is 1. The second-order valence-electron chi connectivity index (χ2n) is 6.17. The average molecular weight is 395 g/mol. The summed E-state index contributed by atoms with van der Waals surface area (Å²) in [5.41, 5.74) is 1.32. The summed E-state index contributed by atoms with van der Waals surface area (Å²) in [6.07, 6.45) is 0. The molecule has 1 atom stereocenters. The molecule has 0 aliphatic carbocycles. The van der Waals surface area contributed by atoms with Crippen molar-refractivity contribution in [3.05, 3.63) is 54.1 Å². The second kappa shape index (κ2) is 9.29. The largest absolute Gasteiger partial charge is 0.494 e. The van der Waals surface area contributed by atoms with Gasteiger partial charge in [0.25, 0.3) is 5.91 Å². The molecular formula is C21H21N3O3S. The predicted molar refractivity (Wildman–Crippen MR) is 110 cm³/mol. The number of amidine groups is 1. The molecule has 0 unspecified atom stereocenters. The minimum Gasteiger partial charge on any atom is -0.494 e. The molecule has 1 amide bonds. The van der Waals surface area contributed by atoms with Crippen LogP contribution in [0.4, 0.5) is 5.69 Å². The van der Waals surface area contributed by atoms with Crippen LogP contribution in [0.15, 0.2) is 53.5 Å². The Morgan fingerprint density at radius 3 is 2.46 bits per heavy atom. The van der Waals surface area contributed by atoms with Crippen LogP contribution >= 0.6 is 11.8 Å². The van der Waals surface area contributed by atoms with Gasteiger partial charge >= 0.3 is 0 Å². The fraction of sp³-hybridized carbons (Fsp3) is 0.286. The minimum atomic E-state index is -0.147. The molecule has 0 saturated carbocycles. The molecular weight excluding hydrogens is 374 g/mol. The maximum atomic E-state index is 12.7. The number of thioether (sulfide) groups is 1. The zero-order valence-corrected chi connectivity index (χ0v) is 16.6. The highest BCUT2D eigenvalue weighted by molar-refractivity contribution is 8.14. The lowest BCUT2D eigenvalue weighted by Gasteiger charge is -2.21. The third kappa shape index (κ3) is 4.84. The summed E-state index contributed by atoms with van der Waals surface area (Å²) >= 11 is 1.56. The van der Waals surface area contributed by atoms with Crippen molar-refractivity contribution < 1.29 is 14.3 Å². The quantitative estimate of drug-likeness (QED) is 0.739. The van der Waals surface area contributed by atoms with Gasteiger partial charge in [-0.25, -0.2) is 4.99 Å². The average Bonchev–Trinajstić information content (AvgIpc) is 3.08. The van der Waals surface area contributed by atoms with Crippen molar-refractivity contribution in [2.24, 2.45) is 4.99 Å². The van der Waals surface area contributed by atoms with Crippen LogP contribution in [-0.2, 0) is 4.79 Å². The van der Waals surface area contributed by atoms with E-state index in [-0.39, 0.29) is 18.6 Å². The zero-order chi connectivity index (χ0) is 19.9. The molecule has 0 radical (unpaired) electrons. The van der Waals surface area contributed by atoms with E-state index in [1.54, 1.807) is 40.9 Å². The fourth-order valence-corrected chi connectivity index (χ4v) is 3.83. The van der Waals surface area contributed by atoms with Gasteiger partial charge in [0.05, 0.1) is 23.9 Å². The normalized spacial score (nSPS) is 17.4. The van der Waals surface area contributed by atoms with E-state index >= 15 is 0 Å². The van der Waals surface area contributed by atoms with Crippen molar-refractivity contribution in [2.75, 3.05) is 19.0 Å². The summed E-state index contributed by atoms with van der Waals surface area (Å²) in [6, 6.07) is 16.3. The first kappa shape index (κ1) is 19.8. The van der Waals surface area contributed by atoms with Crippen molar-refractivity contribution in [1.29, 1.82) is 5.26 Å². The molecule has 0 spiro atoms. The Kier molecular flexibility index (Phi) is 6.56. The van der Waals surface area contributed by atoms with Crippen molar-refractivity contribution in [3.8, 4) is 17.6 Å². The Morgan fingerprint density at radius 2 is 1.82 bits per heavy atom. The summed E-state index contributed by atoms with van der Waals surface area (Å²) in [7, 11) is 0. The Balaban J connectivity index is 1.67. The standard InChI is InChI=1S/C21H21N3O3S/c1-3-26-18-10-6-17(7-11-18)23-21-24(15(2)14-28-21)20(25)13-27-19-8-4-16(12-22)5-9-19/h4-11,15H,3,13-14H2,1-2H3/t15-/m1/s1. The van der Waals surface area contributed by atoms with E-state index in [1.165, 1.54) is 0 Å². The van der Waals surface area contributed by atoms with Crippen molar-refractivity contribution >= 4 is 28.5 Å². The van der Waals surface area contributed by atoms with Gasteiger partial charge in [0.2, 0.25) is 0 Å². The molecule has 0 N–H and O–H groups in total. The number of aliphatic imine (C=N–C) groups is 1. The van der Waals surface area contributed by atoms with Crippen LogP contribution in [-0.4, -0.2) is 41.0 Å². The molecule has 1 aliphatic rings. The number of rotatable bonds is 6. The van der Waals surface area contributed by atoms with E-state index in [9.17, 15) is 4.79 Å². The number of carbonyl (C=O) groups excluding carboxylic acids is 1. The van der Waals surface area contributed by atoms with Crippen LogP contribution in [0.2, 0.25) is 0 Å². The van der Waals surface area contributed by atoms with Crippen LogP contribution < -0.4 is 9.47 Å². The first-order valence-corrected chi connectivity index (χ1v) is 9.98. The van der Waals surface area contributed by atoms with E-state index in [0.29, 0.717) is 23.1 Å². The number of hydrogen-bond donors (Lipinski definition) is 0. The van der Waals surface area contributed by atoms with E-state index < -0.39 is 0 Å². The van der Waals surface area contributed by atoms with Gasteiger partial charge < -0.3 is 9.47 Å². The second-order valence-corrected chi connectivity index (χ2v) is 7.16. The summed E-state index contributed by atoms with van der Waals surface area (Å²) in [4.78, 5) is 19.0. The Hall–Kier alpha value is -2.98. The maximum Gasteiger partial charge on any atom is 0.266 e. The number of hydrogen-bond acceptors (Lipinski definition) is 6. The van der Waals surface area contributed by atoms with Gasteiger partial charge in [0, 0.05) is 11.8 Å². The van der Waals surface area contributed by atoms with Crippen LogP contribution in [0, 0.1) is 11.3 Å². The van der Waals surface area contributed by atoms with Gasteiger partial charge in [0.15, 0.2) is 11.8 Å². The lowest BCUT2D eigenvalue weighted by Crippen LogP contribution is -2.40. The van der Waals surface area contributed by atoms with Crippen molar-refractivity contribution in [2.45, 2.75) is 19.9 Å². The molecule has 1 heterocycles. The molecule has 28 heavy (non-hydrogen) atoms. The SMILES string of the molecule is CCOc1ccc(N=C2SC[C@@H](C)N2C(=O)COc2ccc(C#N)cc2)cc1. The monoisotopic (exact) mass is 395 g/mol. The van der Waals surface area contributed by atoms with Crippen LogP contribution in [0.3, 0.4) is 0 Å². The highest BCUT2D eigenvalue weighted by Gasteiger charge is 2.32. The van der Waals surface area contributed by atoms with Crippen LogP contribution in [0.25, 0.3) is 0 Å². The molecule has 0 bridgehead atoms. The summed E-state index contributed by atoms with van der Waals surface area (Å²) in [5, 5.41) is 9.51. The minimum absolute atomic E-state index is 0.0449. The summed E-state index contributed by atoms with van der Waals surface area (Å²) < 4.78 is 11.0. The van der Waals surface area contributed by atoms with Gasteiger partial charge in [-0.05, 0) is 62.4 Å². The molecule has 7 heteroatoms. The van der Waals surface area contributed by atoms with Gasteiger partial charge in [-0.1, -0.05) is 11.8 Å². The molecule has 1 saturated heterocycles. The Labute approximate surface area is 168 Å². The lowest BCUT2D eigenvalue weighted by atomic mass is 10.2. The highest BCUT2D eigenvalue weighted by Crippen LogP contribution is 2.28. The maximum absolute atomic E-state index is 12.7. The lowest BCUT2D eigenvalue weighted by molar-refractivity contribution is -0.130. The third-order valence-electron chi connectivity index (χ3n) is 4.09.